The average Bonchev–Trinajstić information content (AvgIpc) is 2.48. The molecule has 0 spiro atoms. The number of piperazine rings is 1. The number of ether oxygens (including phenoxy) is 1. The summed E-state index contributed by atoms with van der Waals surface area (Å²) in [6.45, 7) is 7.22. The maximum Gasteiger partial charge on any atom is 0.171 e. The molecule has 1 saturated heterocycles. The molecule has 0 bridgehead atoms. The summed E-state index contributed by atoms with van der Waals surface area (Å²) in [4.78, 5) is 4.64. The number of benzene rings is 1. The van der Waals surface area contributed by atoms with Crippen molar-refractivity contribution in [2.45, 2.75) is 19.8 Å². The van der Waals surface area contributed by atoms with Crippen LogP contribution in [0.3, 0.4) is 0 Å². The van der Waals surface area contributed by atoms with Crippen molar-refractivity contribution < 1.29 is 13.5 Å². The molecule has 1 aliphatic rings. The minimum Gasteiger partial charge on any atom is -0.491 e. The van der Waals surface area contributed by atoms with E-state index in [0.717, 1.165) is 39.1 Å². The molecule has 0 N–H and O–H groups in total. The zero-order chi connectivity index (χ0) is 15.2. The van der Waals surface area contributed by atoms with E-state index < -0.39 is 11.6 Å². The molecule has 1 aliphatic heterocycles. The second-order valence-corrected chi connectivity index (χ2v) is 5.52. The second-order valence-electron chi connectivity index (χ2n) is 5.52. The molecule has 0 atom stereocenters. The second kappa shape index (κ2) is 7.71. The SMILES string of the molecule is CCOc1ccc(F)c(CCCN2CCN(C)CC2)c1F. The zero-order valence-corrected chi connectivity index (χ0v) is 12.9. The fourth-order valence-electron chi connectivity index (χ4n) is 2.62. The van der Waals surface area contributed by atoms with Crippen molar-refractivity contribution in [1.82, 2.24) is 9.80 Å². The normalized spacial score (nSPS) is 17.1. The van der Waals surface area contributed by atoms with Gasteiger partial charge in [0.25, 0.3) is 0 Å². The molecule has 5 heteroatoms. The maximum atomic E-state index is 14.2. The number of hydrogen-bond donors (Lipinski definition) is 0. The molecule has 0 aromatic heterocycles. The third-order valence-corrected chi connectivity index (χ3v) is 3.95. The van der Waals surface area contributed by atoms with E-state index in [1.807, 2.05) is 0 Å². The van der Waals surface area contributed by atoms with Crippen LogP contribution in [0.15, 0.2) is 12.1 Å². The van der Waals surface area contributed by atoms with Crippen molar-refractivity contribution in [2.75, 3.05) is 46.4 Å². The summed E-state index contributed by atoms with van der Waals surface area (Å²) in [5.74, 6) is -0.877. The van der Waals surface area contributed by atoms with Crippen LogP contribution in [-0.4, -0.2) is 56.2 Å². The number of hydrogen-bond acceptors (Lipinski definition) is 3. The predicted molar refractivity (Wildman–Crippen MR) is 79.8 cm³/mol. The van der Waals surface area contributed by atoms with Crippen molar-refractivity contribution in [3.63, 3.8) is 0 Å². The Labute approximate surface area is 125 Å². The van der Waals surface area contributed by atoms with Gasteiger partial charge in [0.15, 0.2) is 11.6 Å². The molecule has 0 amide bonds. The molecule has 1 heterocycles. The van der Waals surface area contributed by atoms with Gasteiger partial charge < -0.3 is 14.5 Å². The van der Waals surface area contributed by atoms with Crippen molar-refractivity contribution in [2.24, 2.45) is 0 Å². The average molecular weight is 298 g/mol. The van der Waals surface area contributed by atoms with E-state index in [0.29, 0.717) is 13.0 Å². The molecule has 1 fully saturated rings. The molecule has 0 radical (unpaired) electrons. The van der Waals surface area contributed by atoms with Gasteiger partial charge in [-0.15, -0.1) is 0 Å². The molecule has 1 aromatic carbocycles. The van der Waals surface area contributed by atoms with Crippen molar-refractivity contribution >= 4 is 0 Å². The van der Waals surface area contributed by atoms with Crippen LogP contribution in [0.25, 0.3) is 0 Å². The van der Waals surface area contributed by atoms with Gasteiger partial charge >= 0.3 is 0 Å². The first-order valence-electron chi connectivity index (χ1n) is 7.62. The summed E-state index contributed by atoms with van der Waals surface area (Å²) in [6, 6.07) is 2.65. The monoisotopic (exact) mass is 298 g/mol. The smallest absolute Gasteiger partial charge is 0.171 e. The highest BCUT2D eigenvalue weighted by molar-refractivity contribution is 5.32. The van der Waals surface area contributed by atoms with Crippen LogP contribution < -0.4 is 4.74 Å². The highest BCUT2D eigenvalue weighted by atomic mass is 19.1. The lowest BCUT2D eigenvalue weighted by Crippen LogP contribution is -2.44. The summed E-state index contributed by atoms with van der Waals surface area (Å²) in [5.41, 5.74) is 0.148. The van der Waals surface area contributed by atoms with Crippen molar-refractivity contribution in [1.29, 1.82) is 0 Å². The van der Waals surface area contributed by atoms with Crippen LogP contribution in [0.5, 0.6) is 5.75 Å². The standard InChI is InChI=1S/C16H24F2N2O/c1-3-21-15-7-6-14(17)13(16(15)18)5-4-8-20-11-9-19(2)10-12-20/h6-7H,3-5,8-12H2,1-2H3. The van der Waals surface area contributed by atoms with Gasteiger partial charge in [-0.25, -0.2) is 8.78 Å². The van der Waals surface area contributed by atoms with Gasteiger partial charge in [0.05, 0.1) is 6.61 Å². The lowest BCUT2D eigenvalue weighted by Gasteiger charge is -2.32. The van der Waals surface area contributed by atoms with E-state index in [1.54, 1.807) is 6.92 Å². The van der Waals surface area contributed by atoms with Crippen LogP contribution in [0.4, 0.5) is 8.78 Å². The number of halogens is 2. The Morgan fingerprint density at radius 2 is 1.86 bits per heavy atom. The van der Waals surface area contributed by atoms with Crippen LogP contribution in [-0.2, 0) is 6.42 Å². The van der Waals surface area contributed by atoms with E-state index in [9.17, 15) is 8.78 Å². The summed E-state index contributed by atoms with van der Waals surface area (Å²) in [6.07, 6.45) is 1.16. The fraction of sp³-hybridized carbons (Fsp3) is 0.625. The predicted octanol–water partition coefficient (Wildman–Crippen LogP) is 2.54. The van der Waals surface area contributed by atoms with Gasteiger partial charge in [0, 0.05) is 31.7 Å². The molecule has 2 rings (SSSR count). The molecule has 1 aromatic rings. The molecule has 21 heavy (non-hydrogen) atoms. The summed E-state index contributed by atoms with van der Waals surface area (Å²) in [7, 11) is 2.11. The summed E-state index contributed by atoms with van der Waals surface area (Å²) in [5, 5.41) is 0. The molecular weight excluding hydrogens is 274 g/mol. The van der Waals surface area contributed by atoms with E-state index >= 15 is 0 Å². The van der Waals surface area contributed by atoms with Crippen molar-refractivity contribution in [3.8, 4) is 5.75 Å². The van der Waals surface area contributed by atoms with Gasteiger partial charge in [-0.05, 0) is 45.5 Å². The number of likely N-dealkylation sites (N-methyl/N-ethyl adjacent to an activating group) is 1. The van der Waals surface area contributed by atoms with Gasteiger partial charge in [-0.3, -0.25) is 0 Å². The zero-order valence-electron chi connectivity index (χ0n) is 12.9. The van der Waals surface area contributed by atoms with E-state index in [4.69, 9.17) is 4.74 Å². The van der Waals surface area contributed by atoms with Crippen LogP contribution in [0, 0.1) is 11.6 Å². The highest BCUT2D eigenvalue weighted by Crippen LogP contribution is 2.24. The largest absolute Gasteiger partial charge is 0.491 e. The minimum atomic E-state index is -0.546. The Hall–Kier alpha value is -1.20. The molecule has 118 valence electrons. The fourth-order valence-corrected chi connectivity index (χ4v) is 2.62. The summed E-state index contributed by atoms with van der Waals surface area (Å²) < 4.78 is 33.1. The Morgan fingerprint density at radius 1 is 1.14 bits per heavy atom. The van der Waals surface area contributed by atoms with Gasteiger partial charge in [-0.1, -0.05) is 0 Å². The third kappa shape index (κ3) is 4.38. The first-order chi connectivity index (χ1) is 10.1. The lowest BCUT2D eigenvalue weighted by molar-refractivity contribution is 0.153. The molecular formula is C16H24F2N2O. The molecule has 3 nitrogen and oxygen atoms in total. The molecule has 0 saturated carbocycles. The van der Waals surface area contributed by atoms with Gasteiger partial charge in [-0.2, -0.15) is 0 Å². The topological polar surface area (TPSA) is 15.7 Å². The third-order valence-electron chi connectivity index (χ3n) is 3.95. The molecule has 0 unspecified atom stereocenters. The maximum absolute atomic E-state index is 14.2. The Kier molecular flexibility index (Phi) is 5.94. The lowest BCUT2D eigenvalue weighted by atomic mass is 10.1. The Bertz CT molecular complexity index is 460. The van der Waals surface area contributed by atoms with Gasteiger partial charge in [0.1, 0.15) is 5.82 Å². The first kappa shape index (κ1) is 16.2. The Morgan fingerprint density at radius 3 is 2.52 bits per heavy atom. The highest BCUT2D eigenvalue weighted by Gasteiger charge is 2.16. The van der Waals surface area contributed by atoms with Crippen LogP contribution in [0.2, 0.25) is 0 Å². The van der Waals surface area contributed by atoms with E-state index in [2.05, 4.69) is 16.8 Å². The van der Waals surface area contributed by atoms with Gasteiger partial charge in [0.2, 0.25) is 0 Å². The van der Waals surface area contributed by atoms with Crippen LogP contribution in [0.1, 0.15) is 18.9 Å². The minimum absolute atomic E-state index is 0.147. The van der Waals surface area contributed by atoms with Crippen molar-refractivity contribution in [3.05, 3.63) is 29.3 Å². The number of rotatable bonds is 6. The van der Waals surface area contributed by atoms with E-state index in [-0.39, 0.29) is 11.3 Å². The van der Waals surface area contributed by atoms with Crippen LogP contribution >= 0.6 is 0 Å². The quantitative estimate of drug-likeness (QED) is 0.803. The molecule has 0 aliphatic carbocycles. The summed E-state index contributed by atoms with van der Waals surface area (Å²) >= 11 is 0. The van der Waals surface area contributed by atoms with E-state index in [1.165, 1.54) is 12.1 Å². The first-order valence-corrected chi connectivity index (χ1v) is 7.62. The number of nitrogens with zero attached hydrogens (tertiary/aromatic N) is 2. The Balaban J connectivity index is 1.89.